The van der Waals surface area contributed by atoms with E-state index in [1.165, 1.54) is 13.1 Å². The first-order valence-corrected chi connectivity index (χ1v) is 3.33. The lowest BCUT2D eigenvalue weighted by Gasteiger charge is -2.21. The van der Waals surface area contributed by atoms with Crippen LogP contribution in [0.2, 0.25) is 0 Å². The van der Waals surface area contributed by atoms with Crippen molar-refractivity contribution in [2.75, 3.05) is 13.1 Å². The average Bonchev–Trinajstić information content (AvgIpc) is 1.86. The summed E-state index contributed by atoms with van der Waals surface area (Å²) in [7, 11) is 0. The fraction of sp³-hybridized carbons (Fsp3) is 1.00. The second-order valence-corrected chi connectivity index (χ2v) is 3.52. The number of nitrogens with one attached hydrogen (secondary N) is 1. The first-order valence-electron chi connectivity index (χ1n) is 3.33. The highest BCUT2D eigenvalue weighted by Crippen LogP contribution is 2.28. The molecule has 48 valence electrons. The third-order valence-electron chi connectivity index (χ3n) is 2.37. The normalized spacial score (nSPS) is 35.6. The van der Waals surface area contributed by atoms with Crippen molar-refractivity contribution >= 4 is 0 Å². The molecular formula is C7H15N. The minimum Gasteiger partial charge on any atom is -0.316 e. The lowest BCUT2D eigenvalue weighted by Crippen LogP contribution is -2.19. The summed E-state index contributed by atoms with van der Waals surface area (Å²) in [6.07, 6.45) is 0. The molecule has 0 aromatic rings. The molecule has 1 rings (SSSR count). The Hall–Kier alpha value is -0.0400. The first-order chi connectivity index (χ1) is 3.63. The minimum atomic E-state index is 0.542. The van der Waals surface area contributed by atoms with Crippen LogP contribution in [0.3, 0.4) is 0 Å². The SMILES string of the molecule is CC1CNCC1(C)C. The molecule has 1 saturated heterocycles. The maximum atomic E-state index is 3.36. The summed E-state index contributed by atoms with van der Waals surface area (Å²) in [6, 6.07) is 0. The fourth-order valence-corrected chi connectivity index (χ4v) is 1.06. The summed E-state index contributed by atoms with van der Waals surface area (Å²) < 4.78 is 0. The predicted octanol–water partition coefficient (Wildman–Crippen LogP) is 1.25. The Kier molecular flexibility index (Phi) is 1.31. The van der Waals surface area contributed by atoms with Gasteiger partial charge in [-0.15, -0.1) is 0 Å². The van der Waals surface area contributed by atoms with Crippen molar-refractivity contribution in [2.45, 2.75) is 20.8 Å². The quantitative estimate of drug-likeness (QED) is 0.498. The van der Waals surface area contributed by atoms with E-state index in [9.17, 15) is 0 Å². The fourth-order valence-electron chi connectivity index (χ4n) is 1.06. The van der Waals surface area contributed by atoms with E-state index >= 15 is 0 Å². The van der Waals surface area contributed by atoms with Crippen molar-refractivity contribution in [3.05, 3.63) is 0 Å². The smallest absolute Gasteiger partial charge is 0.000566 e. The minimum absolute atomic E-state index is 0.542. The van der Waals surface area contributed by atoms with Crippen molar-refractivity contribution in [3.63, 3.8) is 0 Å². The molecule has 1 atom stereocenters. The van der Waals surface area contributed by atoms with E-state index in [0.717, 1.165) is 5.92 Å². The van der Waals surface area contributed by atoms with Crippen LogP contribution < -0.4 is 5.32 Å². The van der Waals surface area contributed by atoms with Crippen LogP contribution in [0, 0.1) is 11.3 Å². The maximum Gasteiger partial charge on any atom is 0.000566 e. The highest BCUT2D eigenvalue weighted by Gasteiger charge is 2.30. The molecule has 1 heteroatoms. The topological polar surface area (TPSA) is 12.0 Å². The van der Waals surface area contributed by atoms with Gasteiger partial charge in [-0.05, 0) is 17.9 Å². The van der Waals surface area contributed by atoms with Gasteiger partial charge in [0.1, 0.15) is 0 Å². The third kappa shape index (κ3) is 0.873. The molecule has 1 aliphatic heterocycles. The zero-order valence-electron chi connectivity index (χ0n) is 5.99. The Morgan fingerprint density at radius 2 is 2.12 bits per heavy atom. The van der Waals surface area contributed by atoms with E-state index in [1.807, 2.05) is 0 Å². The van der Waals surface area contributed by atoms with Gasteiger partial charge in [0, 0.05) is 6.54 Å². The molecular weight excluding hydrogens is 98.1 g/mol. The van der Waals surface area contributed by atoms with Crippen LogP contribution in [0.1, 0.15) is 20.8 Å². The second-order valence-electron chi connectivity index (χ2n) is 3.52. The van der Waals surface area contributed by atoms with Crippen LogP contribution in [0.5, 0.6) is 0 Å². The van der Waals surface area contributed by atoms with Gasteiger partial charge in [-0.3, -0.25) is 0 Å². The largest absolute Gasteiger partial charge is 0.316 e. The molecule has 0 radical (unpaired) electrons. The van der Waals surface area contributed by atoms with E-state index in [-0.39, 0.29) is 0 Å². The van der Waals surface area contributed by atoms with Gasteiger partial charge in [0.2, 0.25) is 0 Å². The van der Waals surface area contributed by atoms with Gasteiger partial charge in [-0.1, -0.05) is 20.8 Å². The van der Waals surface area contributed by atoms with Gasteiger partial charge >= 0.3 is 0 Å². The summed E-state index contributed by atoms with van der Waals surface area (Å²) in [6.45, 7) is 9.33. The zero-order valence-corrected chi connectivity index (χ0v) is 5.99. The van der Waals surface area contributed by atoms with E-state index in [4.69, 9.17) is 0 Å². The molecule has 0 saturated carbocycles. The average molecular weight is 113 g/mol. The van der Waals surface area contributed by atoms with Crippen LogP contribution in [-0.4, -0.2) is 13.1 Å². The van der Waals surface area contributed by atoms with Crippen LogP contribution >= 0.6 is 0 Å². The molecule has 0 aromatic carbocycles. The molecule has 0 spiro atoms. The van der Waals surface area contributed by atoms with Crippen molar-refractivity contribution in [2.24, 2.45) is 11.3 Å². The van der Waals surface area contributed by atoms with Crippen LogP contribution in [0.15, 0.2) is 0 Å². The molecule has 1 fully saturated rings. The summed E-state index contributed by atoms with van der Waals surface area (Å²) >= 11 is 0. The molecule has 8 heavy (non-hydrogen) atoms. The molecule has 1 heterocycles. The molecule has 1 N–H and O–H groups in total. The van der Waals surface area contributed by atoms with Gasteiger partial charge in [0.15, 0.2) is 0 Å². The van der Waals surface area contributed by atoms with E-state index < -0.39 is 0 Å². The van der Waals surface area contributed by atoms with E-state index in [1.54, 1.807) is 0 Å². The Morgan fingerprint density at radius 1 is 1.50 bits per heavy atom. The lowest BCUT2D eigenvalue weighted by molar-refractivity contribution is 0.311. The number of hydrogen-bond donors (Lipinski definition) is 1. The van der Waals surface area contributed by atoms with Crippen LogP contribution in [0.4, 0.5) is 0 Å². The number of rotatable bonds is 0. The molecule has 0 aliphatic carbocycles. The highest BCUT2D eigenvalue weighted by atomic mass is 14.9. The van der Waals surface area contributed by atoms with Gasteiger partial charge in [-0.2, -0.15) is 0 Å². The number of hydrogen-bond acceptors (Lipinski definition) is 1. The Morgan fingerprint density at radius 3 is 2.25 bits per heavy atom. The van der Waals surface area contributed by atoms with Crippen molar-refractivity contribution in [1.29, 1.82) is 0 Å². The van der Waals surface area contributed by atoms with E-state index in [0.29, 0.717) is 5.41 Å². The monoisotopic (exact) mass is 113 g/mol. The summed E-state index contributed by atoms with van der Waals surface area (Å²) in [5.74, 6) is 0.850. The molecule has 0 amide bonds. The summed E-state index contributed by atoms with van der Waals surface area (Å²) in [4.78, 5) is 0. The van der Waals surface area contributed by atoms with Gasteiger partial charge in [-0.25, -0.2) is 0 Å². The van der Waals surface area contributed by atoms with Gasteiger partial charge in [0.25, 0.3) is 0 Å². The van der Waals surface area contributed by atoms with E-state index in [2.05, 4.69) is 26.1 Å². The summed E-state index contributed by atoms with van der Waals surface area (Å²) in [5, 5.41) is 3.36. The third-order valence-corrected chi connectivity index (χ3v) is 2.37. The van der Waals surface area contributed by atoms with Gasteiger partial charge < -0.3 is 5.32 Å². The predicted molar refractivity (Wildman–Crippen MR) is 35.8 cm³/mol. The maximum absolute atomic E-state index is 3.36. The molecule has 1 unspecified atom stereocenters. The van der Waals surface area contributed by atoms with Crippen molar-refractivity contribution in [1.82, 2.24) is 5.32 Å². The Bertz CT molecular complexity index is 86.4. The molecule has 0 bridgehead atoms. The highest BCUT2D eigenvalue weighted by molar-refractivity contribution is 4.85. The standard InChI is InChI=1S/C7H15N/c1-6-4-8-5-7(6,2)3/h6,8H,4-5H2,1-3H3. The van der Waals surface area contributed by atoms with Crippen LogP contribution in [-0.2, 0) is 0 Å². The van der Waals surface area contributed by atoms with Crippen LogP contribution in [0.25, 0.3) is 0 Å². The van der Waals surface area contributed by atoms with Crippen molar-refractivity contribution < 1.29 is 0 Å². The summed E-state index contributed by atoms with van der Waals surface area (Å²) in [5.41, 5.74) is 0.542. The van der Waals surface area contributed by atoms with Crippen molar-refractivity contribution in [3.8, 4) is 0 Å². The molecule has 0 aromatic heterocycles. The molecule has 1 nitrogen and oxygen atoms in total. The Balaban J connectivity index is 2.54. The molecule has 1 aliphatic rings. The first kappa shape index (κ1) is 6.09. The zero-order chi connectivity index (χ0) is 6.20. The lowest BCUT2D eigenvalue weighted by atomic mass is 9.84. The Labute approximate surface area is 51.5 Å². The second kappa shape index (κ2) is 1.73. The van der Waals surface area contributed by atoms with Gasteiger partial charge in [0.05, 0.1) is 0 Å².